The largest absolute Gasteiger partial charge is 0.395 e. The van der Waals surface area contributed by atoms with E-state index in [0.29, 0.717) is 12.0 Å². The Morgan fingerprint density at radius 2 is 1.39 bits per heavy atom. The zero-order valence-electron chi connectivity index (χ0n) is 20.3. The Balaban J connectivity index is 1.44. The van der Waals surface area contributed by atoms with E-state index < -0.39 is 0 Å². The second-order valence-corrected chi connectivity index (χ2v) is 11.1. The molecule has 0 spiro atoms. The molecule has 1 aliphatic carbocycles. The van der Waals surface area contributed by atoms with E-state index in [1.807, 2.05) is 24.3 Å². The van der Waals surface area contributed by atoms with E-state index in [1.54, 1.807) is 0 Å². The van der Waals surface area contributed by atoms with Crippen LogP contribution in [0.4, 0.5) is 0 Å². The third-order valence-electron chi connectivity index (χ3n) is 7.76. The Bertz CT molecular complexity index is 1290. The first-order chi connectivity index (χ1) is 17.6. The van der Waals surface area contributed by atoms with Gasteiger partial charge in [0, 0.05) is 47.6 Å². The second-order valence-electron chi connectivity index (χ2n) is 10.2. The van der Waals surface area contributed by atoms with Gasteiger partial charge in [-0.25, -0.2) is 4.98 Å². The van der Waals surface area contributed by atoms with Gasteiger partial charge in [-0.1, -0.05) is 53.5 Å². The third-order valence-corrected chi connectivity index (χ3v) is 8.27. The van der Waals surface area contributed by atoms with Crippen molar-refractivity contribution in [3.63, 3.8) is 0 Å². The number of β-amino-alcohol motifs (C(OH)–C–C–N with tert-alkyl or cyclic N) is 1. The van der Waals surface area contributed by atoms with E-state index in [1.165, 1.54) is 40.9 Å². The van der Waals surface area contributed by atoms with Gasteiger partial charge in [-0.3, -0.25) is 0 Å². The van der Waals surface area contributed by atoms with Gasteiger partial charge >= 0.3 is 0 Å². The number of likely N-dealkylation sites (tertiary alicyclic amines) is 1. The van der Waals surface area contributed by atoms with Crippen molar-refractivity contribution in [2.24, 2.45) is 0 Å². The van der Waals surface area contributed by atoms with Crippen LogP contribution >= 0.6 is 23.2 Å². The SMILES string of the molecule is OCCN1CCC(n2c(C3CC3)nc3ccc(C(c4ccc(Cl)cc4)c4ccc(Cl)cc4)cc32)CC1. The summed E-state index contributed by atoms with van der Waals surface area (Å²) < 4.78 is 2.56. The fraction of sp³-hybridized carbons (Fsp3) is 0.367. The molecule has 6 heteroatoms. The summed E-state index contributed by atoms with van der Waals surface area (Å²) in [6.07, 6.45) is 4.65. The molecule has 0 bridgehead atoms. The maximum Gasteiger partial charge on any atom is 0.113 e. The second kappa shape index (κ2) is 10.2. The van der Waals surface area contributed by atoms with Gasteiger partial charge < -0.3 is 14.6 Å². The number of aliphatic hydroxyl groups is 1. The first-order valence-corrected chi connectivity index (χ1v) is 13.7. The fourth-order valence-corrected chi connectivity index (χ4v) is 6.00. The molecule has 4 aromatic rings. The zero-order chi connectivity index (χ0) is 24.6. The lowest BCUT2D eigenvalue weighted by molar-refractivity contribution is 0.149. The van der Waals surface area contributed by atoms with Gasteiger partial charge in [0.05, 0.1) is 17.6 Å². The molecule has 1 N–H and O–H groups in total. The van der Waals surface area contributed by atoms with Crippen molar-refractivity contribution in [1.82, 2.24) is 14.5 Å². The van der Waals surface area contributed by atoms with Crippen LogP contribution in [0.2, 0.25) is 10.0 Å². The Morgan fingerprint density at radius 3 is 1.94 bits per heavy atom. The quantitative estimate of drug-likeness (QED) is 0.266. The van der Waals surface area contributed by atoms with Gasteiger partial charge in [0.25, 0.3) is 0 Å². The first kappa shape index (κ1) is 24.0. The van der Waals surface area contributed by atoms with Crippen LogP contribution in [-0.2, 0) is 0 Å². The van der Waals surface area contributed by atoms with Crippen LogP contribution in [-0.4, -0.2) is 45.8 Å². The van der Waals surface area contributed by atoms with Crippen LogP contribution in [0, 0.1) is 0 Å². The molecule has 186 valence electrons. The summed E-state index contributed by atoms with van der Waals surface area (Å²) in [6, 6.07) is 23.6. The highest BCUT2D eigenvalue weighted by Gasteiger charge is 2.33. The summed E-state index contributed by atoms with van der Waals surface area (Å²) in [7, 11) is 0. The highest BCUT2D eigenvalue weighted by atomic mass is 35.5. The minimum absolute atomic E-state index is 0.0723. The summed E-state index contributed by atoms with van der Waals surface area (Å²) >= 11 is 12.5. The molecule has 36 heavy (non-hydrogen) atoms. The number of fused-ring (bicyclic) bond motifs is 1. The maximum atomic E-state index is 9.36. The van der Waals surface area contributed by atoms with Crippen LogP contribution in [0.1, 0.15) is 66.1 Å². The number of benzene rings is 3. The molecule has 6 rings (SSSR count). The minimum atomic E-state index is 0.0723. The smallest absolute Gasteiger partial charge is 0.113 e. The average molecular weight is 521 g/mol. The third kappa shape index (κ3) is 4.80. The summed E-state index contributed by atoms with van der Waals surface area (Å²) in [5.74, 6) is 1.92. The molecule has 1 aliphatic heterocycles. The first-order valence-electron chi connectivity index (χ1n) is 13.0. The predicted molar refractivity (Wildman–Crippen MR) is 147 cm³/mol. The van der Waals surface area contributed by atoms with Crippen molar-refractivity contribution in [2.75, 3.05) is 26.2 Å². The van der Waals surface area contributed by atoms with E-state index in [2.05, 4.69) is 51.9 Å². The van der Waals surface area contributed by atoms with Crippen molar-refractivity contribution in [3.8, 4) is 0 Å². The van der Waals surface area contributed by atoms with Gasteiger partial charge in [-0.15, -0.1) is 0 Å². The van der Waals surface area contributed by atoms with Crippen molar-refractivity contribution < 1.29 is 5.11 Å². The Kier molecular flexibility index (Phi) is 6.78. The molecule has 1 saturated carbocycles. The topological polar surface area (TPSA) is 41.3 Å². The van der Waals surface area contributed by atoms with Crippen molar-refractivity contribution >= 4 is 34.2 Å². The van der Waals surface area contributed by atoms with E-state index in [4.69, 9.17) is 28.2 Å². The highest BCUT2D eigenvalue weighted by Crippen LogP contribution is 2.44. The summed E-state index contributed by atoms with van der Waals surface area (Å²) in [4.78, 5) is 7.52. The normalized spacial score (nSPS) is 17.3. The van der Waals surface area contributed by atoms with Gasteiger partial charge in [-0.05, 0) is 78.8 Å². The molecule has 1 aromatic heterocycles. The Morgan fingerprint density at radius 1 is 0.806 bits per heavy atom. The number of nitrogens with zero attached hydrogens (tertiary/aromatic N) is 3. The van der Waals surface area contributed by atoms with Crippen molar-refractivity contribution in [3.05, 3.63) is 99.3 Å². The van der Waals surface area contributed by atoms with Crippen LogP contribution in [0.3, 0.4) is 0 Å². The highest BCUT2D eigenvalue weighted by molar-refractivity contribution is 6.30. The van der Waals surface area contributed by atoms with Crippen LogP contribution in [0.25, 0.3) is 11.0 Å². The van der Waals surface area contributed by atoms with Crippen molar-refractivity contribution in [1.29, 1.82) is 0 Å². The molecule has 2 aliphatic rings. The standard InChI is InChI=1S/C30H31Cl2N3O/c31-24-8-3-20(4-9-24)29(21-5-10-25(32)11-6-21)23-7-12-27-28(19-23)35(30(33-27)22-1-2-22)26-13-15-34(16-14-26)17-18-36/h3-12,19,22,26,29,36H,1-2,13-18H2. The van der Waals surface area contributed by atoms with Crippen LogP contribution < -0.4 is 0 Å². The number of hydrogen-bond donors (Lipinski definition) is 1. The number of aromatic nitrogens is 2. The molecule has 0 unspecified atom stereocenters. The lowest BCUT2D eigenvalue weighted by Crippen LogP contribution is -2.36. The maximum absolute atomic E-state index is 9.36. The molecule has 2 fully saturated rings. The van der Waals surface area contributed by atoms with E-state index in [0.717, 1.165) is 48.0 Å². The lowest BCUT2D eigenvalue weighted by atomic mass is 9.85. The number of imidazole rings is 1. The predicted octanol–water partition coefficient (Wildman–Crippen LogP) is 7.03. The number of hydrogen-bond acceptors (Lipinski definition) is 3. The molecule has 2 heterocycles. The fourth-order valence-electron chi connectivity index (χ4n) is 5.75. The van der Waals surface area contributed by atoms with Gasteiger partial charge in [0.15, 0.2) is 0 Å². The molecular formula is C30H31Cl2N3O. The Hall–Kier alpha value is -2.37. The number of piperidine rings is 1. The Labute approximate surface area is 222 Å². The monoisotopic (exact) mass is 519 g/mol. The molecule has 0 atom stereocenters. The van der Waals surface area contributed by atoms with Gasteiger partial charge in [0.1, 0.15) is 5.82 Å². The molecular weight excluding hydrogens is 489 g/mol. The van der Waals surface area contributed by atoms with Crippen LogP contribution in [0.15, 0.2) is 66.7 Å². The summed E-state index contributed by atoms with van der Waals surface area (Å²) in [5, 5.41) is 10.8. The molecule has 0 amide bonds. The summed E-state index contributed by atoms with van der Waals surface area (Å²) in [5.41, 5.74) is 5.97. The minimum Gasteiger partial charge on any atom is -0.395 e. The molecule has 3 aromatic carbocycles. The molecule has 1 saturated heterocycles. The number of rotatable bonds is 7. The van der Waals surface area contributed by atoms with Crippen LogP contribution in [0.5, 0.6) is 0 Å². The zero-order valence-corrected chi connectivity index (χ0v) is 21.8. The number of aliphatic hydroxyl groups excluding tert-OH is 1. The molecule has 4 nitrogen and oxygen atoms in total. The molecule has 0 radical (unpaired) electrons. The van der Waals surface area contributed by atoms with Gasteiger partial charge in [0.2, 0.25) is 0 Å². The van der Waals surface area contributed by atoms with E-state index in [-0.39, 0.29) is 12.5 Å². The van der Waals surface area contributed by atoms with Crippen molar-refractivity contribution in [2.45, 2.75) is 43.6 Å². The lowest BCUT2D eigenvalue weighted by Gasteiger charge is -2.33. The van der Waals surface area contributed by atoms with E-state index in [9.17, 15) is 5.11 Å². The van der Waals surface area contributed by atoms with E-state index >= 15 is 0 Å². The summed E-state index contributed by atoms with van der Waals surface area (Å²) in [6.45, 7) is 3.03. The average Bonchev–Trinajstić information content (AvgIpc) is 3.68. The number of halogens is 2. The van der Waals surface area contributed by atoms with Gasteiger partial charge in [-0.2, -0.15) is 0 Å².